The van der Waals surface area contributed by atoms with Gasteiger partial charge in [0.1, 0.15) is 0 Å². The van der Waals surface area contributed by atoms with Crippen LogP contribution >= 0.6 is 0 Å². The van der Waals surface area contributed by atoms with Crippen molar-refractivity contribution in [2.75, 3.05) is 11.4 Å². The van der Waals surface area contributed by atoms with Gasteiger partial charge in [-0.1, -0.05) is 0 Å². The average molecular weight is 523 g/mol. The van der Waals surface area contributed by atoms with Crippen molar-refractivity contribution in [3.05, 3.63) is 62.1 Å². The number of alkyl halides is 3. The Morgan fingerprint density at radius 2 is 1.76 bits per heavy atom. The largest absolute Gasteiger partial charge is 0.465 e. The first-order chi connectivity index (χ1) is 17.3. The summed E-state index contributed by atoms with van der Waals surface area (Å²) in [4.78, 5) is 40.9. The predicted molar refractivity (Wildman–Crippen MR) is 134 cm³/mol. The summed E-state index contributed by atoms with van der Waals surface area (Å²) >= 11 is 0. The van der Waals surface area contributed by atoms with Crippen LogP contribution in [0, 0.1) is 20.8 Å². The van der Waals surface area contributed by atoms with Gasteiger partial charge in [-0.25, -0.2) is 4.79 Å². The van der Waals surface area contributed by atoms with Crippen molar-refractivity contribution in [2.45, 2.75) is 78.2 Å². The summed E-state index contributed by atoms with van der Waals surface area (Å²) in [6.45, 7) is 7.23. The maximum absolute atomic E-state index is 13.9. The highest BCUT2D eigenvalue weighted by molar-refractivity contribution is 5.97. The number of benzene rings is 1. The molecule has 202 valence electrons. The van der Waals surface area contributed by atoms with E-state index in [2.05, 4.69) is 15.6 Å². The Bertz CT molecular complexity index is 1220. The Morgan fingerprint density at radius 1 is 1.11 bits per heavy atom. The van der Waals surface area contributed by atoms with Crippen LogP contribution in [0.15, 0.2) is 23.0 Å². The number of nitrogens with zero attached hydrogens (tertiary/aromatic N) is 1. The van der Waals surface area contributed by atoms with Crippen LogP contribution in [0.25, 0.3) is 0 Å². The molecule has 8 nitrogen and oxygen atoms in total. The van der Waals surface area contributed by atoms with Gasteiger partial charge >= 0.3 is 12.3 Å². The van der Waals surface area contributed by atoms with Gasteiger partial charge in [-0.05, 0) is 82.7 Å². The Labute approximate surface area is 213 Å². The van der Waals surface area contributed by atoms with Gasteiger partial charge < -0.3 is 25.6 Å². The van der Waals surface area contributed by atoms with Crippen LogP contribution in [-0.4, -0.2) is 40.7 Å². The van der Waals surface area contributed by atoms with Crippen LogP contribution in [-0.2, 0) is 12.7 Å². The molecule has 1 aliphatic carbocycles. The standard InChI is InChI=1S/C26H33F3N4O4/c1-5-33(19-8-6-18(7-9-19)32-25(36)37)22-12-17(26(27,28)29)11-20(16(22)4)23(34)30-13-21-14(2)10-15(3)31-24(21)35/h10-12,18-19,32H,5-9,13H2,1-4H3,(H,30,34)(H,31,35)(H,36,37). The third kappa shape index (κ3) is 6.64. The van der Waals surface area contributed by atoms with E-state index in [0.29, 0.717) is 60.3 Å². The number of carbonyl (C=O) groups excluding carboxylic acids is 1. The Morgan fingerprint density at radius 3 is 2.30 bits per heavy atom. The van der Waals surface area contributed by atoms with E-state index in [4.69, 9.17) is 5.11 Å². The lowest BCUT2D eigenvalue weighted by atomic mass is 9.89. The minimum absolute atomic E-state index is 0.0938. The fourth-order valence-corrected chi connectivity index (χ4v) is 5.09. The lowest BCUT2D eigenvalue weighted by Crippen LogP contribution is -2.44. The van der Waals surface area contributed by atoms with E-state index in [0.717, 1.165) is 12.1 Å². The highest BCUT2D eigenvalue weighted by atomic mass is 19.4. The zero-order valence-electron chi connectivity index (χ0n) is 21.4. The van der Waals surface area contributed by atoms with Crippen LogP contribution < -0.4 is 21.1 Å². The number of carbonyl (C=O) groups is 2. The number of pyridine rings is 1. The molecular formula is C26H33F3N4O4. The highest BCUT2D eigenvalue weighted by Gasteiger charge is 2.35. The molecule has 1 aromatic heterocycles. The molecule has 1 aromatic carbocycles. The number of rotatable bonds is 7. The van der Waals surface area contributed by atoms with Gasteiger partial charge in [0.05, 0.1) is 5.56 Å². The summed E-state index contributed by atoms with van der Waals surface area (Å²) in [5, 5.41) is 14.1. The molecule has 0 aliphatic heterocycles. The lowest BCUT2D eigenvalue weighted by molar-refractivity contribution is -0.137. The molecule has 1 aliphatic rings. The molecule has 0 spiro atoms. The number of nitrogens with one attached hydrogen (secondary N) is 3. The zero-order valence-corrected chi connectivity index (χ0v) is 21.4. The lowest BCUT2D eigenvalue weighted by Gasteiger charge is -2.39. The summed E-state index contributed by atoms with van der Waals surface area (Å²) in [5.74, 6) is -0.699. The molecule has 0 atom stereocenters. The molecule has 4 N–H and O–H groups in total. The Balaban J connectivity index is 1.91. The number of carboxylic acid groups (broad SMARTS) is 1. The molecule has 2 aromatic rings. The third-order valence-electron chi connectivity index (χ3n) is 6.99. The monoisotopic (exact) mass is 522 g/mol. The van der Waals surface area contributed by atoms with E-state index in [9.17, 15) is 27.6 Å². The van der Waals surface area contributed by atoms with Crippen LogP contribution in [0.4, 0.5) is 23.7 Å². The molecule has 37 heavy (non-hydrogen) atoms. The summed E-state index contributed by atoms with van der Waals surface area (Å²) in [5.41, 5.74) is 1.02. The Kier molecular flexibility index (Phi) is 8.55. The van der Waals surface area contributed by atoms with E-state index < -0.39 is 23.7 Å². The average Bonchev–Trinajstić information content (AvgIpc) is 2.79. The van der Waals surface area contributed by atoms with Crippen LogP contribution in [0.5, 0.6) is 0 Å². The number of aromatic amines is 1. The minimum Gasteiger partial charge on any atom is -0.465 e. The molecule has 0 bridgehead atoms. The van der Waals surface area contributed by atoms with Crippen molar-refractivity contribution < 1.29 is 27.9 Å². The smallest absolute Gasteiger partial charge is 0.416 e. The molecule has 0 unspecified atom stereocenters. The van der Waals surface area contributed by atoms with Crippen LogP contribution in [0.1, 0.15) is 70.9 Å². The molecule has 1 saturated carbocycles. The second kappa shape index (κ2) is 11.3. The first-order valence-corrected chi connectivity index (χ1v) is 12.3. The summed E-state index contributed by atoms with van der Waals surface area (Å²) in [6, 6.07) is 3.40. The molecular weight excluding hydrogens is 489 g/mol. The van der Waals surface area contributed by atoms with Gasteiger partial charge in [-0.2, -0.15) is 13.2 Å². The van der Waals surface area contributed by atoms with E-state index in [-0.39, 0.29) is 29.8 Å². The maximum Gasteiger partial charge on any atom is 0.416 e. The number of H-pyrrole nitrogens is 1. The van der Waals surface area contributed by atoms with E-state index in [1.807, 2.05) is 11.8 Å². The second-order valence-electron chi connectivity index (χ2n) is 9.53. The number of amides is 2. The van der Waals surface area contributed by atoms with Gasteiger partial charge in [-0.3, -0.25) is 9.59 Å². The third-order valence-corrected chi connectivity index (χ3v) is 6.99. The molecule has 1 heterocycles. The fraction of sp³-hybridized carbons (Fsp3) is 0.500. The predicted octanol–water partition coefficient (Wildman–Crippen LogP) is 4.65. The van der Waals surface area contributed by atoms with Gasteiger partial charge in [0.25, 0.3) is 11.5 Å². The number of halogens is 3. The van der Waals surface area contributed by atoms with Crippen molar-refractivity contribution in [3.8, 4) is 0 Å². The molecule has 3 rings (SSSR count). The maximum atomic E-state index is 13.9. The van der Waals surface area contributed by atoms with Crippen molar-refractivity contribution in [3.63, 3.8) is 0 Å². The molecule has 0 saturated heterocycles. The van der Waals surface area contributed by atoms with E-state index >= 15 is 0 Å². The van der Waals surface area contributed by atoms with Crippen LogP contribution in [0.3, 0.4) is 0 Å². The fourth-order valence-electron chi connectivity index (χ4n) is 5.09. The summed E-state index contributed by atoms with van der Waals surface area (Å²) in [6.07, 6.45) is -3.41. The van der Waals surface area contributed by atoms with E-state index in [1.165, 1.54) is 0 Å². The Hall–Kier alpha value is -3.50. The summed E-state index contributed by atoms with van der Waals surface area (Å²) < 4.78 is 41.6. The topological polar surface area (TPSA) is 115 Å². The minimum atomic E-state index is -4.66. The molecule has 1 fully saturated rings. The first-order valence-electron chi connectivity index (χ1n) is 12.3. The van der Waals surface area contributed by atoms with Gasteiger partial charge in [-0.15, -0.1) is 0 Å². The van der Waals surface area contributed by atoms with Gasteiger partial charge in [0, 0.05) is 47.7 Å². The van der Waals surface area contributed by atoms with Crippen LogP contribution in [0.2, 0.25) is 0 Å². The van der Waals surface area contributed by atoms with Crippen molar-refractivity contribution >= 4 is 17.7 Å². The SMILES string of the molecule is CCN(c1cc(C(F)(F)F)cc(C(=O)NCc2c(C)cc(C)[nH]c2=O)c1C)C1CCC(NC(=O)O)CC1. The number of hydrogen-bond acceptors (Lipinski definition) is 4. The van der Waals surface area contributed by atoms with Crippen molar-refractivity contribution in [2.24, 2.45) is 0 Å². The van der Waals surface area contributed by atoms with E-state index in [1.54, 1.807) is 26.8 Å². The normalized spacial score (nSPS) is 17.8. The van der Waals surface area contributed by atoms with Gasteiger partial charge in [0.2, 0.25) is 0 Å². The number of hydrogen-bond donors (Lipinski definition) is 4. The zero-order chi connectivity index (χ0) is 27.5. The highest BCUT2D eigenvalue weighted by Crippen LogP contribution is 2.37. The van der Waals surface area contributed by atoms with Crippen molar-refractivity contribution in [1.82, 2.24) is 15.6 Å². The molecule has 2 amide bonds. The number of aryl methyl sites for hydroxylation is 2. The second-order valence-corrected chi connectivity index (χ2v) is 9.53. The van der Waals surface area contributed by atoms with Gasteiger partial charge in [0.15, 0.2) is 0 Å². The number of anilines is 1. The molecule has 11 heteroatoms. The molecule has 0 radical (unpaired) electrons. The van der Waals surface area contributed by atoms with Crippen molar-refractivity contribution in [1.29, 1.82) is 0 Å². The number of aromatic nitrogens is 1. The first kappa shape index (κ1) is 28.1. The summed E-state index contributed by atoms with van der Waals surface area (Å²) in [7, 11) is 0. The quantitative estimate of drug-likeness (QED) is 0.423.